The number of phenols is 1. The van der Waals surface area contributed by atoms with Crippen LogP contribution >= 0.6 is 0 Å². The predicted octanol–water partition coefficient (Wildman–Crippen LogP) is 0.416. The lowest BCUT2D eigenvalue weighted by Crippen LogP contribution is -2.50. The molecule has 0 aromatic heterocycles. The van der Waals surface area contributed by atoms with E-state index in [1.54, 1.807) is 21.9 Å². The Morgan fingerprint density at radius 2 is 1.62 bits per heavy atom. The summed E-state index contributed by atoms with van der Waals surface area (Å²) in [6.45, 7) is 2.72. The molecule has 2 amide bonds. The van der Waals surface area contributed by atoms with E-state index in [2.05, 4.69) is 0 Å². The highest BCUT2D eigenvalue weighted by Gasteiger charge is 2.24. The number of rotatable bonds is 4. The van der Waals surface area contributed by atoms with Gasteiger partial charge in [0, 0.05) is 38.2 Å². The molecule has 1 heterocycles. The number of nitrogens with two attached hydrogens (primary N) is 1. The number of hydrogen-bond donors (Lipinski definition) is 2. The minimum absolute atomic E-state index is 0.0657. The molecule has 1 fully saturated rings. The molecule has 1 aromatic rings. The number of carbonyl (C=O) groups excluding carboxylic acids is 2. The van der Waals surface area contributed by atoms with E-state index in [9.17, 15) is 14.7 Å². The molecule has 6 heteroatoms. The number of phenolic OH excluding ortho intramolecular Hbond substituents is 1. The first-order valence-electron chi connectivity index (χ1n) is 7.18. The van der Waals surface area contributed by atoms with Gasteiger partial charge < -0.3 is 20.6 Å². The van der Waals surface area contributed by atoms with Gasteiger partial charge in [-0.25, -0.2) is 0 Å². The Morgan fingerprint density at radius 1 is 1.05 bits per heavy atom. The Hall–Kier alpha value is -2.08. The van der Waals surface area contributed by atoms with Crippen molar-refractivity contribution in [1.82, 2.24) is 9.80 Å². The zero-order chi connectivity index (χ0) is 15.2. The monoisotopic (exact) mass is 291 g/mol. The Kier molecular flexibility index (Phi) is 5.16. The van der Waals surface area contributed by atoms with Gasteiger partial charge >= 0.3 is 0 Å². The Labute approximate surface area is 124 Å². The van der Waals surface area contributed by atoms with E-state index in [-0.39, 0.29) is 17.6 Å². The fraction of sp³-hybridized carbons (Fsp3) is 0.467. The van der Waals surface area contributed by atoms with E-state index < -0.39 is 0 Å². The average Bonchev–Trinajstić information content (AvgIpc) is 2.53. The first-order chi connectivity index (χ1) is 10.1. The Morgan fingerprint density at radius 3 is 2.19 bits per heavy atom. The van der Waals surface area contributed by atoms with Crippen LogP contribution < -0.4 is 5.73 Å². The summed E-state index contributed by atoms with van der Waals surface area (Å²) in [7, 11) is 0. The number of hydrogen-bond acceptors (Lipinski definition) is 4. The van der Waals surface area contributed by atoms with Crippen LogP contribution in [0.5, 0.6) is 5.75 Å². The quantitative estimate of drug-likeness (QED) is 0.841. The molecule has 0 saturated carbocycles. The van der Waals surface area contributed by atoms with E-state index in [1.165, 1.54) is 12.1 Å². The molecule has 0 atom stereocenters. The smallest absolute Gasteiger partial charge is 0.253 e. The third-order valence-electron chi connectivity index (χ3n) is 3.63. The summed E-state index contributed by atoms with van der Waals surface area (Å²) < 4.78 is 0. The number of aromatic hydroxyl groups is 1. The van der Waals surface area contributed by atoms with Crippen molar-refractivity contribution in [3.8, 4) is 5.75 Å². The molecule has 3 N–H and O–H groups in total. The van der Waals surface area contributed by atoms with E-state index in [0.717, 1.165) is 0 Å². The zero-order valence-corrected chi connectivity index (χ0v) is 12.0. The predicted molar refractivity (Wildman–Crippen MR) is 78.9 cm³/mol. The maximum Gasteiger partial charge on any atom is 0.253 e. The highest BCUT2D eigenvalue weighted by molar-refractivity contribution is 5.94. The van der Waals surface area contributed by atoms with Crippen LogP contribution in [0.1, 0.15) is 23.2 Å². The largest absolute Gasteiger partial charge is 0.508 e. The Balaban J connectivity index is 1.87. The van der Waals surface area contributed by atoms with E-state index in [1.807, 2.05) is 0 Å². The maximum atomic E-state index is 12.3. The molecular weight excluding hydrogens is 270 g/mol. The van der Waals surface area contributed by atoms with Gasteiger partial charge in [-0.3, -0.25) is 9.59 Å². The standard InChI is InChI=1S/C15H21N3O3/c16-7-1-2-14(20)17-8-10-18(11-9-17)15(21)12-3-5-13(19)6-4-12/h3-6,19H,1-2,7-11,16H2. The molecule has 1 saturated heterocycles. The van der Waals surface area contributed by atoms with Gasteiger partial charge in [0.25, 0.3) is 5.91 Å². The third kappa shape index (κ3) is 3.95. The summed E-state index contributed by atoms with van der Waals surface area (Å²) in [5.74, 6) is 0.183. The number of nitrogens with zero attached hydrogens (tertiary/aromatic N) is 2. The average molecular weight is 291 g/mol. The lowest BCUT2D eigenvalue weighted by Gasteiger charge is -2.35. The van der Waals surface area contributed by atoms with Crippen molar-refractivity contribution in [2.75, 3.05) is 32.7 Å². The topological polar surface area (TPSA) is 86.9 Å². The molecule has 0 unspecified atom stereocenters. The summed E-state index contributed by atoms with van der Waals surface area (Å²) in [6, 6.07) is 6.21. The van der Waals surface area contributed by atoms with Crippen LogP contribution in [0.4, 0.5) is 0 Å². The summed E-state index contributed by atoms with van der Waals surface area (Å²) >= 11 is 0. The lowest BCUT2D eigenvalue weighted by molar-refractivity contribution is -0.132. The van der Waals surface area contributed by atoms with Gasteiger partial charge in [0.05, 0.1) is 0 Å². The summed E-state index contributed by atoms with van der Waals surface area (Å²) in [5, 5.41) is 9.24. The third-order valence-corrected chi connectivity index (χ3v) is 3.63. The molecule has 0 spiro atoms. The van der Waals surface area contributed by atoms with E-state index in [0.29, 0.717) is 51.1 Å². The summed E-state index contributed by atoms with van der Waals surface area (Å²) in [4.78, 5) is 27.7. The van der Waals surface area contributed by atoms with Crippen molar-refractivity contribution < 1.29 is 14.7 Å². The highest BCUT2D eigenvalue weighted by atomic mass is 16.3. The van der Waals surface area contributed by atoms with Crippen LogP contribution in [0.3, 0.4) is 0 Å². The van der Waals surface area contributed by atoms with Crippen molar-refractivity contribution in [3.05, 3.63) is 29.8 Å². The normalized spacial score (nSPS) is 15.1. The van der Waals surface area contributed by atoms with E-state index in [4.69, 9.17) is 5.73 Å². The van der Waals surface area contributed by atoms with Crippen LogP contribution in [0.15, 0.2) is 24.3 Å². The second-order valence-corrected chi connectivity index (χ2v) is 5.11. The molecule has 0 radical (unpaired) electrons. The van der Waals surface area contributed by atoms with Crippen LogP contribution in [-0.4, -0.2) is 59.4 Å². The highest BCUT2D eigenvalue weighted by Crippen LogP contribution is 2.13. The molecule has 114 valence electrons. The van der Waals surface area contributed by atoms with Gasteiger partial charge in [0.1, 0.15) is 5.75 Å². The minimum atomic E-state index is -0.0657. The van der Waals surface area contributed by atoms with Crippen LogP contribution in [-0.2, 0) is 4.79 Å². The van der Waals surface area contributed by atoms with Gasteiger partial charge in [-0.05, 0) is 37.2 Å². The first-order valence-corrected chi connectivity index (χ1v) is 7.18. The molecule has 6 nitrogen and oxygen atoms in total. The number of piperazine rings is 1. The Bertz CT molecular complexity index is 493. The van der Waals surface area contributed by atoms with Crippen molar-refractivity contribution in [2.45, 2.75) is 12.8 Å². The summed E-state index contributed by atoms with van der Waals surface area (Å²) in [5.41, 5.74) is 5.95. The minimum Gasteiger partial charge on any atom is -0.508 e. The molecule has 0 aliphatic carbocycles. The van der Waals surface area contributed by atoms with Gasteiger partial charge in [-0.1, -0.05) is 0 Å². The number of carbonyl (C=O) groups is 2. The fourth-order valence-electron chi connectivity index (χ4n) is 2.36. The molecule has 1 aliphatic heterocycles. The molecule has 21 heavy (non-hydrogen) atoms. The van der Waals surface area contributed by atoms with Crippen LogP contribution in [0, 0.1) is 0 Å². The van der Waals surface area contributed by atoms with Gasteiger partial charge in [0.2, 0.25) is 5.91 Å². The first kappa shape index (κ1) is 15.3. The SMILES string of the molecule is NCCCC(=O)N1CCN(C(=O)c2ccc(O)cc2)CC1. The van der Waals surface area contributed by atoms with Gasteiger partial charge in [-0.2, -0.15) is 0 Å². The second kappa shape index (κ2) is 7.08. The fourth-order valence-corrected chi connectivity index (χ4v) is 2.36. The van der Waals surface area contributed by atoms with Gasteiger partial charge in [-0.15, -0.1) is 0 Å². The molecular formula is C15H21N3O3. The van der Waals surface area contributed by atoms with Crippen molar-refractivity contribution in [2.24, 2.45) is 5.73 Å². The number of benzene rings is 1. The van der Waals surface area contributed by atoms with Crippen molar-refractivity contribution in [1.29, 1.82) is 0 Å². The van der Waals surface area contributed by atoms with Crippen molar-refractivity contribution >= 4 is 11.8 Å². The maximum absolute atomic E-state index is 12.3. The molecule has 2 rings (SSSR count). The number of amides is 2. The van der Waals surface area contributed by atoms with Crippen LogP contribution in [0.25, 0.3) is 0 Å². The lowest BCUT2D eigenvalue weighted by atomic mass is 10.1. The molecule has 1 aliphatic rings. The molecule has 0 bridgehead atoms. The molecule has 1 aromatic carbocycles. The van der Waals surface area contributed by atoms with Crippen molar-refractivity contribution in [3.63, 3.8) is 0 Å². The van der Waals surface area contributed by atoms with E-state index >= 15 is 0 Å². The summed E-state index contributed by atoms with van der Waals surface area (Å²) in [6.07, 6.45) is 1.17. The second-order valence-electron chi connectivity index (χ2n) is 5.11. The van der Waals surface area contributed by atoms with Gasteiger partial charge in [0.15, 0.2) is 0 Å². The van der Waals surface area contributed by atoms with Crippen LogP contribution in [0.2, 0.25) is 0 Å². The zero-order valence-electron chi connectivity index (χ0n) is 12.0.